The number of nitriles is 1. The summed E-state index contributed by atoms with van der Waals surface area (Å²) in [5.74, 6) is -2.99. The minimum atomic E-state index is -1.29. The first-order valence-electron chi connectivity index (χ1n) is 5.14. The second-order valence-electron chi connectivity index (χ2n) is 4.16. The zero-order valence-corrected chi connectivity index (χ0v) is 8.83. The van der Waals surface area contributed by atoms with Crippen molar-refractivity contribution >= 4 is 5.97 Å². The van der Waals surface area contributed by atoms with E-state index in [4.69, 9.17) is 10.4 Å². The third-order valence-electron chi connectivity index (χ3n) is 3.31. The maximum absolute atomic E-state index is 13.6. The van der Waals surface area contributed by atoms with Crippen LogP contribution in [-0.4, -0.2) is 11.1 Å². The number of halogens is 2. The molecule has 1 aromatic rings. The lowest BCUT2D eigenvalue weighted by molar-refractivity contribution is -0.147. The van der Waals surface area contributed by atoms with Gasteiger partial charge in [-0.15, -0.1) is 0 Å². The molecule has 17 heavy (non-hydrogen) atoms. The van der Waals surface area contributed by atoms with Crippen molar-refractivity contribution in [2.24, 2.45) is 0 Å². The van der Waals surface area contributed by atoms with Crippen LogP contribution in [0, 0.1) is 23.0 Å². The van der Waals surface area contributed by atoms with Crippen LogP contribution in [0.3, 0.4) is 0 Å². The van der Waals surface area contributed by atoms with Crippen LogP contribution in [0.25, 0.3) is 0 Å². The number of hydrogen-bond donors (Lipinski definition) is 1. The third-order valence-corrected chi connectivity index (χ3v) is 3.31. The van der Waals surface area contributed by atoms with Crippen molar-refractivity contribution in [2.45, 2.75) is 24.7 Å². The Balaban J connectivity index is 2.60. The number of carbonyl (C=O) groups is 1. The van der Waals surface area contributed by atoms with Crippen molar-refractivity contribution in [2.75, 3.05) is 0 Å². The molecular formula is C12H9F2NO2. The van der Waals surface area contributed by atoms with Crippen LogP contribution in [-0.2, 0) is 10.2 Å². The van der Waals surface area contributed by atoms with Crippen LogP contribution in [0.15, 0.2) is 12.1 Å². The van der Waals surface area contributed by atoms with Crippen LogP contribution >= 0.6 is 0 Å². The molecule has 0 aromatic heterocycles. The maximum Gasteiger partial charge on any atom is 0.314 e. The maximum atomic E-state index is 13.6. The summed E-state index contributed by atoms with van der Waals surface area (Å²) in [6.45, 7) is 0. The van der Waals surface area contributed by atoms with Gasteiger partial charge in [0, 0.05) is 11.6 Å². The van der Waals surface area contributed by atoms with Crippen LogP contribution in [0.2, 0.25) is 0 Å². The third kappa shape index (κ3) is 1.57. The summed E-state index contributed by atoms with van der Waals surface area (Å²) >= 11 is 0. The number of benzene rings is 1. The average molecular weight is 237 g/mol. The van der Waals surface area contributed by atoms with Crippen molar-refractivity contribution in [1.29, 1.82) is 5.26 Å². The van der Waals surface area contributed by atoms with Gasteiger partial charge in [0.05, 0.1) is 11.0 Å². The first kappa shape index (κ1) is 11.5. The molecule has 1 saturated carbocycles. The lowest BCUT2D eigenvalue weighted by Crippen LogP contribution is -2.43. The van der Waals surface area contributed by atoms with Gasteiger partial charge in [-0.2, -0.15) is 5.26 Å². The molecule has 1 aliphatic rings. The van der Waals surface area contributed by atoms with Crippen molar-refractivity contribution in [3.8, 4) is 6.07 Å². The summed E-state index contributed by atoms with van der Waals surface area (Å²) in [6, 6.07) is 3.18. The molecule has 0 amide bonds. The second kappa shape index (κ2) is 3.81. The van der Waals surface area contributed by atoms with Crippen molar-refractivity contribution in [1.82, 2.24) is 0 Å². The van der Waals surface area contributed by atoms with Gasteiger partial charge in [0.2, 0.25) is 0 Å². The minimum absolute atomic E-state index is 0.0887. The SMILES string of the molecule is N#Cc1cc(C2(C(=O)O)CCC2)c(F)cc1F. The summed E-state index contributed by atoms with van der Waals surface area (Å²) in [5.41, 5.74) is -1.70. The molecule has 2 rings (SSSR count). The number of hydrogen-bond acceptors (Lipinski definition) is 2. The van der Waals surface area contributed by atoms with Gasteiger partial charge >= 0.3 is 5.97 Å². The summed E-state index contributed by atoms with van der Waals surface area (Å²) in [5, 5.41) is 17.8. The van der Waals surface area contributed by atoms with E-state index < -0.39 is 23.0 Å². The van der Waals surface area contributed by atoms with Gasteiger partial charge in [0.15, 0.2) is 0 Å². The second-order valence-corrected chi connectivity index (χ2v) is 4.16. The highest BCUT2D eigenvalue weighted by Gasteiger charge is 2.47. The number of rotatable bonds is 2. The molecule has 1 aliphatic carbocycles. The summed E-state index contributed by atoms with van der Waals surface area (Å²) < 4.78 is 26.8. The Bertz CT molecular complexity index is 530. The van der Waals surface area contributed by atoms with Gasteiger partial charge in [-0.1, -0.05) is 6.42 Å². The fraction of sp³-hybridized carbons (Fsp3) is 0.333. The Labute approximate surface area is 96.3 Å². The Kier molecular flexibility index (Phi) is 2.58. The van der Waals surface area contributed by atoms with E-state index in [2.05, 4.69) is 0 Å². The van der Waals surface area contributed by atoms with Crippen molar-refractivity contribution in [3.63, 3.8) is 0 Å². The standard InChI is InChI=1S/C12H9F2NO2/c13-9-5-10(14)8(4-7(9)6-15)12(11(16)17)2-1-3-12/h4-5H,1-3H2,(H,16,17). The van der Waals surface area contributed by atoms with Crippen LogP contribution in [0.4, 0.5) is 8.78 Å². The van der Waals surface area contributed by atoms with E-state index in [0.717, 1.165) is 6.07 Å². The predicted octanol–water partition coefficient (Wildman–Crippen LogP) is 2.34. The summed E-state index contributed by atoms with van der Waals surface area (Å²) in [7, 11) is 0. The highest BCUT2D eigenvalue weighted by molar-refractivity contribution is 5.82. The molecule has 0 atom stereocenters. The molecule has 0 saturated heterocycles. The molecule has 0 spiro atoms. The smallest absolute Gasteiger partial charge is 0.314 e. The summed E-state index contributed by atoms with van der Waals surface area (Å²) in [4.78, 5) is 11.2. The highest BCUT2D eigenvalue weighted by Crippen LogP contribution is 2.45. The Morgan fingerprint density at radius 1 is 1.35 bits per heavy atom. The van der Waals surface area contributed by atoms with Gasteiger partial charge in [-0.25, -0.2) is 8.78 Å². The fourth-order valence-corrected chi connectivity index (χ4v) is 2.13. The average Bonchev–Trinajstić information content (AvgIpc) is 2.18. The van der Waals surface area contributed by atoms with Gasteiger partial charge < -0.3 is 5.11 Å². The molecule has 0 unspecified atom stereocenters. The van der Waals surface area contributed by atoms with E-state index >= 15 is 0 Å². The molecule has 88 valence electrons. The number of nitrogens with zero attached hydrogens (tertiary/aromatic N) is 1. The largest absolute Gasteiger partial charge is 0.481 e. The topological polar surface area (TPSA) is 61.1 Å². The van der Waals surface area contributed by atoms with Crippen LogP contribution in [0.1, 0.15) is 30.4 Å². The first-order valence-corrected chi connectivity index (χ1v) is 5.14. The lowest BCUT2D eigenvalue weighted by Gasteiger charge is -2.38. The van der Waals surface area contributed by atoms with E-state index in [-0.39, 0.29) is 11.1 Å². The molecule has 1 aromatic carbocycles. The quantitative estimate of drug-likeness (QED) is 0.858. The lowest BCUT2D eigenvalue weighted by atomic mass is 9.64. The van der Waals surface area contributed by atoms with E-state index in [0.29, 0.717) is 25.3 Å². The zero-order valence-electron chi connectivity index (χ0n) is 8.83. The Morgan fingerprint density at radius 3 is 2.41 bits per heavy atom. The van der Waals surface area contributed by atoms with Gasteiger partial charge in [-0.3, -0.25) is 4.79 Å². The zero-order chi connectivity index (χ0) is 12.6. The molecule has 1 N–H and O–H groups in total. The van der Waals surface area contributed by atoms with Gasteiger partial charge in [0.25, 0.3) is 0 Å². The molecular weight excluding hydrogens is 228 g/mol. The Morgan fingerprint density at radius 2 is 2.00 bits per heavy atom. The molecule has 1 fully saturated rings. The highest BCUT2D eigenvalue weighted by atomic mass is 19.1. The Hall–Kier alpha value is -1.96. The molecule has 0 aliphatic heterocycles. The minimum Gasteiger partial charge on any atom is -0.481 e. The predicted molar refractivity (Wildman–Crippen MR) is 54.2 cm³/mol. The van der Waals surface area contributed by atoms with Gasteiger partial charge in [-0.05, 0) is 18.9 Å². The monoisotopic (exact) mass is 237 g/mol. The van der Waals surface area contributed by atoms with Crippen molar-refractivity contribution in [3.05, 3.63) is 34.9 Å². The number of aliphatic carboxylic acids is 1. The van der Waals surface area contributed by atoms with E-state index in [1.54, 1.807) is 6.07 Å². The molecule has 0 heterocycles. The summed E-state index contributed by atoms with van der Waals surface area (Å²) in [6.07, 6.45) is 1.32. The van der Waals surface area contributed by atoms with Crippen molar-refractivity contribution < 1.29 is 18.7 Å². The van der Waals surface area contributed by atoms with Crippen LogP contribution in [0.5, 0.6) is 0 Å². The van der Waals surface area contributed by atoms with E-state index in [9.17, 15) is 13.6 Å². The molecule has 5 heteroatoms. The number of carboxylic acids is 1. The molecule has 3 nitrogen and oxygen atoms in total. The number of carboxylic acid groups (broad SMARTS) is 1. The fourth-order valence-electron chi connectivity index (χ4n) is 2.13. The first-order chi connectivity index (χ1) is 8.01. The van der Waals surface area contributed by atoms with E-state index in [1.807, 2.05) is 0 Å². The molecule has 0 radical (unpaired) electrons. The van der Waals surface area contributed by atoms with Crippen LogP contribution < -0.4 is 0 Å². The van der Waals surface area contributed by atoms with Gasteiger partial charge in [0.1, 0.15) is 17.7 Å². The molecule has 0 bridgehead atoms. The normalized spacial score (nSPS) is 17.0. The van der Waals surface area contributed by atoms with E-state index in [1.165, 1.54) is 0 Å².